The third-order valence-electron chi connectivity index (χ3n) is 2.71. The number of aryl methyl sites for hydroxylation is 1. The molecule has 2 rings (SSSR count). The zero-order chi connectivity index (χ0) is 12.3. The molecule has 3 heteroatoms. The molecule has 0 aliphatic heterocycles. The first-order chi connectivity index (χ1) is 8.24. The molecule has 1 aromatic heterocycles. The fourth-order valence-corrected chi connectivity index (χ4v) is 1.71. The lowest BCUT2D eigenvalue weighted by Crippen LogP contribution is -1.98. The van der Waals surface area contributed by atoms with Crippen LogP contribution in [0, 0.1) is 0 Å². The SMILES string of the molecule is CCc1ccc(C(O)c2cccc(OC)c2)o1. The normalized spacial score (nSPS) is 12.4. The molecule has 90 valence electrons. The second-order valence-electron chi connectivity index (χ2n) is 3.84. The second kappa shape index (κ2) is 5.06. The maximum atomic E-state index is 10.2. The summed E-state index contributed by atoms with van der Waals surface area (Å²) in [5.74, 6) is 2.17. The van der Waals surface area contributed by atoms with Gasteiger partial charge in [0.05, 0.1) is 7.11 Å². The maximum absolute atomic E-state index is 10.2. The predicted molar refractivity (Wildman–Crippen MR) is 65.1 cm³/mol. The van der Waals surface area contributed by atoms with Crippen LogP contribution in [0.5, 0.6) is 5.75 Å². The molecule has 0 spiro atoms. The number of hydrogen-bond acceptors (Lipinski definition) is 3. The molecule has 0 saturated carbocycles. The molecule has 0 radical (unpaired) electrons. The standard InChI is InChI=1S/C14H16O3/c1-3-11-7-8-13(17-11)14(15)10-5-4-6-12(9-10)16-2/h4-9,14-15H,3H2,1-2H3. The summed E-state index contributed by atoms with van der Waals surface area (Å²) in [7, 11) is 1.60. The monoisotopic (exact) mass is 232 g/mol. The van der Waals surface area contributed by atoms with Gasteiger partial charge in [-0.3, -0.25) is 0 Å². The Bertz CT molecular complexity index is 488. The lowest BCUT2D eigenvalue weighted by Gasteiger charge is -2.09. The van der Waals surface area contributed by atoms with Gasteiger partial charge in [-0.1, -0.05) is 19.1 Å². The van der Waals surface area contributed by atoms with Crippen LogP contribution >= 0.6 is 0 Å². The van der Waals surface area contributed by atoms with E-state index in [0.29, 0.717) is 5.76 Å². The third kappa shape index (κ3) is 2.50. The van der Waals surface area contributed by atoms with Crippen LogP contribution in [0.2, 0.25) is 0 Å². The van der Waals surface area contributed by atoms with Gasteiger partial charge in [-0.15, -0.1) is 0 Å². The Morgan fingerprint density at radius 1 is 1.29 bits per heavy atom. The number of furan rings is 1. The van der Waals surface area contributed by atoms with Gasteiger partial charge in [0, 0.05) is 6.42 Å². The van der Waals surface area contributed by atoms with Gasteiger partial charge in [0.15, 0.2) is 0 Å². The van der Waals surface area contributed by atoms with E-state index in [2.05, 4.69) is 0 Å². The number of ether oxygens (including phenoxy) is 1. The van der Waals surface area contributed by atoms with Crippen LogP contribution in [0.3, 0.4) is 0 Å². The number of aliphatic hydroxyl groups is 1. The van der Waals surface area contributed by atoms with Crippen LogP contribution < -0.4 is 4.74 Å². The van der Waals surface area contributed by atoms with Gasteiger partial charge >= 0.3 is 0 Å². The van der Waals surface area contributed by atoms with Crippen molar-refractivity contribution in [2.75, 3.05) is 7.11 Å². The van der Waals surface area contributed by atoms with E-state index in [0.717, 1.165) is 23.5 Å². The fourth-order valence-electron chi connectivity index (χ4n) is 1.71. The molecule has 0 amide bonds. The minimum atomic E-state index is -0.745. The van der Waals surface area contributed by atoms with Gasteiger partial charge in [-0.25, -0.2) is 0 Å². The van der Waals surface area contributed by atoms with Crippen molar-refractivity contribution in [3.05, 3.63) is 53.5 Å². The van der Waals surface area contributed by atoms with E-state index >= 15 is 0 Å². The molecule has 2 aromatic rings. The lowest BCUT2D eigenvalue weighted by atomic mass is 10.1. The van der Waals surface area contributed by atoms with Crippen LogP contribution in [0.4, 0.5) is 0 Å². The Labute approximate surface area is 101 Å². The summed E-state index contributed by atoms with van der Waals surface area (Å²) >= 11 is 0. The molecule has 0 aliphatic rings. The summed E-state index contributed by atoms with van der Waals surface area (Å²) in [6, 6.07) is 11.0. The van der Waals surface area contributed by atoms with Crippen molar-refractivity contribution in [1.29, 1.82) is 0 Å². The van der Waals surface area contributed by atoms with E-state index in [1.54, 1.807) is 13.2 Å². The van der Waals surface area contributed by atoms with Crippen molar-refractivity contribution in [2.45, 2.75) is 19.4 Å². The Hall–Kier alpha value is -1.74. The van der Waals surface area contributed by atoms with Gasteiger partial charge in [0.1, 0.15) is 23.4 Å². The minimum Gasteiger partial charge on any atom is -0.497 e. The van der Waals surface area contributed by atoms with Gasteiger partial charge in [-0.05, 0) is 29.8 Å². The van der Waals surface area contributed by atoms with Gasteiger partial charge in [-0.2, -0.15) is 0 Å². The minimum absolute atomic E-state index is 0.565. The summed E-state index contributed by atoms with van der Waals surface area (Å²) in [5, 5.41) is 10.2. The number of methoxy groups -OCH3 is 1. The molecule has 3 nitrogen and oxygen atoms in total. The second-order valence-corrected chi connectivity index (χ2v) is 3.84. The molecule has 1 heterocycles. The number of benzene rings is 1. The molecule has 0 aliphatic carbocycles. The average Bonchev–Trinajstić information content (AvgIpc) is 2.86. The third-order valence-corrected chi connectivity index (χ3v) is 2.71. The molecular formula is C14H16O3. The predicted octanol–water partition coefficient (Wildman–Crippen LogP) is 2.93. The van der Waals surface area contributed by atoms with Crippen molar-refractivity contribution in [3.63, 3.8) is 0 Å². The zero-order valence-corrected chi connectivity index (χ0v) is 10.0. The summed E-state index contributed by atoms with van der Waals surface area (Å²) < 4.78 is 10.7. The van der Waals surface area contributed by atoms with E-state index in [4.69, 9.17) is 9.15 Å². The molecule has 0 fully saturated rings. The van der Waals surface area contributed by atoms with E-state index in [1.165, 1.54) is 0 Å². The largest absolute Gasteiger partial charge is 0.497 e. The molecule has 0 saturated heterocycles. The summed E-state index contributed by atoms with van der Waals surface area (Å²) in [6.45, 7) is 2.01. The van der Waals surface area contributed by atoms with Gasteiger partial charge < -0.3 is 14.3 Å². The lowest BCUT2D eigenvalue weighted by molar-refractivity contribution is 0.186. The average molecular weight is 232 g/mol. The first kappa shape index (κ1) is 11.7. The van der Waals surface area contributed by atoms with Crippen LogP contribution in [0.1, 0.15) is 30.1 Å². The van der Waals surface area contributed by atoms with E-state index < -0.39 is 6.10 Å². The van der Waals surface area contributed by atoms with Crippen molar-refractivity contribution < 1.29 is 14.3 Å². The number of aliphatic hydroxyl groups excluding tert-OH is 1. The first-order valence-corrected chi connectivity index (χ1v) is 5.65. The van der Waals surface area contributed by atoms with Crippen molar-refractivity contribution in [1.82, 2.24) is 0 Å². The Morgan fingerprint density at radius 3 is 2.76 bits per heavy atom. The van der Waals surface area contributed by atoms with E-state index in [1.807, 2.05) is 37.3 Å². The maximum Gasteiger partial charge on any atom is 0.137 e. The van der Waals surface area contributed by atoms with Crippen LogP contribution in [-0.4, -0.2) is 12.2 Å². The van der Waals surface area contributed by atoms with Crippen molar-refractivity contribution in [2.24, 2.45) is 0 Å². The highest BCUT2D eigenvalue weighted by Gasteiger charge is 2.14. The first-order valence-electron chi connectivity index (χ1n) is 5.65. The highest BCUT2D eigenvalue weighted by atomic mass is 16.5. The van der Waals surface area contributed by atoms with Crippen LogP contribution in [0.15, 0.2) is 40.8 Å². The quantitative estimate of drug-likeness (QED) is 0.881. The number of rotatable bonds is 4. The fraction of sp³-hybridized carbons (Fsp3) is 0.286. The van der Waals surface area contributed by atoms with Crippen molar-refractivity contribution >= 4 is 0 Å². The Morgan fingerprint density at radius 2 is 2.12 bits per heavy atom. The van der Waals surface area contributed by atoms with Gasteiger partial charge in [0.2, 0.25) is 0 Å². The Kier molecular flexibility index (Phi) is 3.49. The van der Waals surface area contributed by atoms with E-state index in [9.17, 15) is 5.11 Å². The topological polar surface area (TPSA) is 42.6 Å². The van der Waals surface area contributed by atoms with Crippen LogP contribution in [-0.2, 0) is 6.42 Å². The van der Waals surface area contributed by atoms with E-state index in [-0.39, 0.29) is 0 Å². The van der Waals surface area contributed by atoms with Crippen molar-refractivity contribution in [3.8, 4) is 5.75 Å². The summed E-state index contributed by atoms with van der Waals surface area (Å²) in [5.41, 5.74) is 0.765. The Balaban J connectivity index is 2.26. The highest BCUT2D eigenvalue weighted by Crippen LogP contribution is 2.26. The highest BCUT2D eigenvalue weighted by molar-refractivity contribution is 5.33. The summed E-state index contributed by atoms with van der Waals surface area (Å²) in [6.07, 6.45) is 0.0792. The summed E-state index contributed by atoms with van der Waals surface area (Å²) in [4.78, 5) is 0. The van der Waals surface area contributed by atoms with Crippen LogP contribution in [0.25, 0.3) is 0 Å². The molecule has 1 N–H and O–H groups in total. The van der Waals surface area contributed by atoms with Gasteiger partial charge in [0.25, 0.3) is 0 Å². The molecule has 1 atom stereocenters. The molecular weight excluding hydrogens is 216 g/mol. The molecule has 1 aromatic carbocycles. The molecule has 1 unspecified atom stereocenters. The molecule has 17 heavy (non-hydrogen) atoms. The smallest absolute Gasteiger partial charge is 0.137 e. The molecule has 0 bridgehead atoms. The zero-order valence-electron chi connectivity index (χ0n) is 10.0. The number of hydrogen-bond donors (Lipinski definition) is 1.